The summed E-state index contributed by atoms with van der Waals surface area (Å²) in [7, 11) is 3.58. The number of ether oxygens (including phenoxy) is 2. The summed E-state index contributed by atoms with van der Waals surface area (Å²) >= 11 is 1.32. The van der Waals surface area contributed by atoms with E-state index in [0.29, 0.717) is 26.4 Å². The van der Waals surface area contributed by atoms with Crippen LogP contribution in [0.4, 0.5) is 0 Å². The molecule has 7 nitrogen and oxygen atoms in total. The number of fused-ring (bicyclic) bond motifs is 2. The van der Waals surface area contributed by atoms with Crippen molar-refractivity contribution in [2.75, 3.05) is 13.7 Å². The van der Waals surface area contributed by atoms with Gasteiger partial charge in [-0.05, 0) is 43.7 Å². The standard InChI is InChI=1S/C27H25N3O4S/c1-5-34-26(32)23-16(2)28-27-30(24(23)17-10-12-19(33-4)13-11-17)25(31)22(35-27)14-18-15-29(3)21-9-7-6-8-20(18)21/h6-15,24H,5H2,1-4H3/t24-/m1/s1. The van der Waals surface area contributed by atoms with Crippen LogP contribution in [0.25, 0.3) is 17.0 Å². The monoisotopic (exact) mass is 487 g/mol. The molecule has 5 rings (SSSR count). The van der Waals surface area contributed by atoms with Crippen molar-refractivity contribution in [3.05, 3.63) is 96.8 Å². The summed E-state index contributed by atoms with van der Waals surface area (Å²) in [6.07, 6.45) is 3.92. The molecule has 1 atom stereocenters. The number of carbonyl (C=O) groups excluding carboxylic acids is 1. The third-order valence-corrected chi connectivity index (χ3v) is 7.15. The van der Waals surface area contributed by atoms with Crippen LogP contribution in [0.2, 0.25) is 0 Å². The Morgan fingerprint density at radius 3 is 2.63 bits per heavy atom. The number of nitrogens with zero attached hydrogens (tertiary/aromatic N) is 3. The molecule has 0 unspecified atom stereocenters. The molecule has 0 aliphatic carbocycles. The second-order valence-electron chi connectivity index (χ2n) is 8.29. The van der Waals surface area contributed by atoms with Gasteiger partial charge >= 0.3 is 5.97 Å². The number of esters is 1. The van der Waals surface area contributed by atoms with E-state index in [1.54, 1.807) is 25.5 Å². The summed E-state index contributed by atoms with van der Waals surface area (Å²) in [5.41, 5.74) is 3.53. The molecule has 0 saturated carbocycles. The van der Waals surface area contributed by atoms with Gasteiger partial charge in [-0.3, -0.25) is 9.36 Å². The molecule has 4 aromatic rings. The van der Waals surface area contributed by atoms with E-state index in [9.17, 15) is 9.59 Å². The Hall–Kier alpha value is -3.91. The van der Waals surface area contributed by atoms with E-state index in [1.807, 2.05) is 72.4 Å². The lowest BCUT2D eigenvalue weighted by molar-refractivity contribution is -0.139. The topological polar surface area (TPSA) is 74.8 Å². The molecule has 0 saturated heterocycles. The maximum Gasteiger partial charge on any atom is 0.338 e. The lowest BCUT2D eigenvalue weighted by Gasteiger charge is -2.24. The number of hydrogen-bond acceptors (Lipinski definition) is 6. The molecule has 0 spiro atoms. The molecule has 2 aromatic heterocycles. The lowest BCUT2D eigenvalue weighted by atomic mass is 9.96. The Bertz CT molecular complexity index is 1660. The van der Waals surface area contributed by atoms with Crippen LogP contribution in [0.5, 0.6) is 5.75 Å². The fourth-order valence-electron chi connectivity index (χ4n) is 4.52. The molecule has 0 fully saturated rings. The first kappa shape index (κ1) is 22.9. The predicted octanol–water partition coefficient (Wildman–Crippen LogP) is 3.30. The van der Waals surface area contributed by atoms with Crippen LogP contribution in [0.3, 0.4) is 0 Å². The first-order valence-electron chi connectivity index (χ1n) is 11.3. The van der Waals surface area contributed by atoms with Crippen LogP contribution >= 0.6 is 11.3 Å². The summed E-state index contributed by atoms with van der Waals surface area (Å²) in [4.78, 5) is 32.0. The quantitative estimate of drug-likeness (QED) is 0.405. The van der Waals surface area contributed by atoms with Crippen LogP contribution in [0.1, 0.15) is 31.0 Å². The maximum absolute atomic E-state index is 13.8. The van der Waals surface area contributed by atoms with Gasteiger partial charge in [-0.1, -0.05) is 41.7 Å². The van der Waals surface area contributed by atoms with Crippen LogP contribution in [-0.4, -0.2) is 28.8 Å². The Morgan fingerprint density at radius 2 is 1.91 bits per heavy atom. The number of thiazole rings is 1. The Balaban J connectivity index is 1.74. The average Bonchev–Trinajstić information content (AvgIpc) is 3.34. The smallest absolute Gasteiger partial charge is 0.338 e. The number of benzene rings is 2. The second kappa shape index (κ2) is 9.03. The molecule has 0 N–H and O–H groups in total. The van der Waals surface area contributed by atoms with Crippen molar-refractivity contribution in [3.63, 3.8) is 0 Å². The highest BCUT2D eigenvalue weighted by atomic mass is 32.1. The molecular formula is C27H25N3O4S. The Morgan fingerprint density at radius 1 is 1.17 bits per heavy atom. The summed E-state index contributed by atoms with van der Waals surface area (Å²) in [5, 5.41) is 1.07. The van der Waals surface area contributed by atoms with Gasteiger partial charge in [-0.2, -0.15) is 0 Å². The highest BCUT2D eigenvalue weighted by Crippen LogP contribution is 2.31. The van der Waals surface area contributed by atoms with Crippen LogP contribution in [0.15, 0.2) is 75.8 Å². The van der Waals surface area contributed by atoms with Gasteiger partial charge in [0.05, 0.1) is 35.6 Å². The van der Waals surface area contributed by atoms with Crippen LogP contribution in [0, 0.1) is 0 Å². The number of para-hydroxylation sites is 1. The van der Waals surface area contributed by atoms with Crippen molar-refractivity contribution in [2.45, 2.75) is 19.9 Å². The number of aryl methyl sites for hydroxylation is 1. The van der Waals surface area contributed by atoms with Gasteiger partial charge in [-0.25, -0.2) is 9.79 Å². The zero-order valence-electron chi connectivity index (χ0n) is 19.9. The molecule has 0 bridgehead atoms. The average molecular weight is 488 g/mol. The first-order chi connectivity index (χ1) is 16.9. The van der Waals surface area contributed by atoms with Crippen LogP contribution in [-0.2, 0) is 16.6 Å². The molecule has 1 aliphatic heterocycles. The van der Waals surface area contributed by atoms with Crippen molar-refractivity contribution in [1.82, 2.24) is 9.13 Å². The van der Waals surface area contributed by atoms with Gasteiger partial charge in [0.2, 0.25) is 0 Å². The van der Waals surface area contributed by atoms with E-state index in [2.05, 4.69) is 4.99 Å². The third kappa shape index (κ3) is 3.89. The van der Waals surface area contributed by atoms with E-state index in [1.165, 1.54) is 11.3 Å². The van der Waals surface area contributed by atoms with Crippen molar-refractivity contribution in [1.29, 1.82) is 0 Å². The van der Waals surface area contributed by atoms with Gasteiger partial charge in [0.15, 0.2) is 4.80 Å². The summed E-state index contributed by atoms with van der Waals surface area (Å²) in [5.74, 6) is 0.216. The number of methoxy groups -OCH3 is 1. The molecule has 35 heavy (non-hydrogen) atoms. The number of aromatic nitrogens is 2. The highest BCUT2D eigenvalue weighted by molar-refractivity contribution is 7.07. The third-order valence-electron chi connectivity index (χ3n) is 6.16. The molecule has 3 heterocycles. The molecule has 0 radical (unpaired) electrons. The van der Waals surface area contributed by atoms with Crippen LogP contribution < -0.4 is 19.6 Å². The maximum atomic E-state index is 13.8. The van der Waals surface area contributed by atoms with Gasteiger partial charge in [0.1, 0.15) is 5.75 Å². The van der Waals surface area contributed by atoms with E-state index < -0.39 is 12.0 Å². The van der Waals surface area contributed by atoms with Crippen molar-refractivity contribution in [3.8, 4) is 5.75 Å². The lowest BCUT2D eigenvalue weighted by Crippen LogP contribution is -2.39. The second-order valence-corrected chi connectivity index (χ2v) is 9.30. The normalized spacial score (nSPS) is 15.8. The van der Waals surface area contributed by atoms with Gasteiger partial charge in [0.25, 0.3) is 5.56 Å². The number of rotatable bonds is 5. The van der Waals surface area contributed by atoms with E-state index in [0.717, 1.165) is 22.0 Å². The number of allylic oxidation sites excluding steroid dienone is 1. The molecule has 1 aliphatic rings. The summed E-state index contributed by atoms with van der Waals surface area (Å²) < 4.78 is 14.8. The molecule has 2 aromatic carbocycles. The zero-order valence-corrected chi connectivity index (χ0v) is 20.8. The minimum absolute atomic E-state index is 0.197. The van der Waals surface area contributed by atoms with Gasteiger partial charge in [0, 0.05) is 29.7 Å². The van der Waals surface area contributed by atoms with Gasteiger partial charge in [-0.15, -0.1) is 0 Å². The zero-order chi connectivity index (χ0) is 24.7. The van der Waals surface area contributed by atoms with Crippen molar-refractivity contribution in [2.24, 2.45) is 12.0 Å². The summed E-state index contributed by atoms with van der Waals surface area (Å²) in [6.45, 7) is 3.77. The first-order valence-corrected chi connectivity index (χ1v) is 12.1. The van der Waals surface area contributed by atoms with Crippen molar-refractivity contribution < 1.29 is 14.3 Å². The Kier molecular flexibility index (Phi) is 5.90. The largest absolute Gasteiger partial charge is 0.497 e. The minimum atomic E-state index is -0.647. The molecule has 178 valence electrons. The highest BCUT2D eigenvalue weighted by Gasteiger charge is 2.33. The number of hydrogen-bond donors (Lipinski definition) is 0. The molecule has 0 amide bonds. The fraction of sp³-hybridized carbons (Fsp3) is 0.222. The van der Waals surface area contributed by atoms with Crippen molar-refractivity contribution >= 4 is 34.3 Å². The minimum Gasteiger partial charge on any atom is -0.497 e. The van der Waals surface area contributed by atoms with E-state index >= 15 is 0 Å². The SMILES string of the molecule is CCOC(=O)C1=C(C)N=c2sc(=Cc3cn(C)c4ccccc34)c(=O)n2[C@@H]1c1ccc(OC)cc1. The number of carbonyl (C=O) groups is 1. The predicted molar refractivity (Wildman–Crippen MR) is 136 cm³/mol. The van der Waals surface area contributed by atoms with Gasteiger partial charge < -0.3 is 14.0 Å². The Labute approximate surface area is 205 Å². The molecule has 8 heteroatoms. The van der Waals surface area contributed by atoms with E-state index in [4.69, 9.17) is 9.47 Å². The molecular weight excluding hydrogens is 462 g/mol. The fourth-order valence-corrected chi connectivity index (χ4v) is 5.56. The van der Waals surface area contributed by atoms with E-state index in [-0.39, 0.29) is 12.2 Å². The summed E-state index contributed by atoms with van der Waals surface area (Å²) in [6, 6.07) is 14.8.